The van der Waals surface area contributed by atoms with Crippen LogP contribution in [0.5, 0.6) is 0 Å². The van der Waals surface area contributed by atoms with Crippen LogP contribution in [0.3, 0.4) is 0 Å². The molecule has 71 heavy (non-hydrogen) atoms. The van der Waals surface area contributed by atoms with Crippen molar-refractivity contribution in [2.45, 2.75) is 206 Å². The SMILES string of the molecule is CC/C=C\C/C=C\C/C=C\C/C=C\C/C=C\C/C=C\C/C=C\CCCC(=O)OC(COC(=O)CCCCCCCCCC/C=C\C/C=C\C/C=C\CCCCCCC)COC(OCC[N+](C)(C)C)C(=O)O. The summed E-state index contributed by atoms with van der Waals surface area (Å²) in [7, 11) is 5.93. The molecule has 0 saturated heterocycles. The molecule has 0 saturated carbocycles. The van der Waals surface area contributed by atoms with E-state index in [1.165, 1.54) is 64.2 Å². The Kier molecular flexibility index (Phi) is 48.9. The van der Waals surface area contributed by atoms with E-state index in [0.717, 1.165) is 89.9 Å². The summed E-state index contributed by atoms with van der Waals surface area (Å²) < 4.78 is 22.8. The van der Waals surface area contributed by atoms with Gasteiger partial charge in [-0.2, -0.15) is 0 Å². The number of rotatable bonds is 49. The minimum absolute atomic E-state index is 0.168. The third-order valence-corrected chi connectivity index (χ3v) is 11.2. The third kappa shape index (κ3) is 53.3. The summed E-state index contributed by atoms with van der Waals surface area (Å²) in [5.74, 6) is -2.11. The highest BCUT2D eigenvalue weighted by Crippen LogP contribution is 2.13. The lowest BCUT2D eigenvalue weighted by molar-refractivity contribution is -0.870. The predicted octanol–water partition coefficient (Wildman–Crippen LogP) is 16.1. The zero-order valence-electron chi connectivity index (χ0n) is 45.6. The quantitative estimate of drug-likeness (QED) is 0.0211. The zero-order chi connectivity index (χ0) is 52.0. The van der Waals surface area contributed by atoms with E-state index in [1.807, 2.05) is 21.1 Å². The van der Waals surface area contributed by atoms with Crippen LogP contribution in [0.2, 0.25) is 0 Å². The standard InChI is InChI=1S/C62H101NO8/c1-6-8-10-12-14-16-18-20-22-24-26-28-30-32-34-36-38-40-42-44-46-48-50-52-59(64)69-56-58(57-70-62(61(66)67)68-55-54-63(3,4)5)71-60(65)53-51-49-47-45-43-41-39-37-35-33-31-29-27-25-23-21-19-17-15-13-11-9-7-2/h9,11,15,17-18,20-21,23-24,26-27,29-30,32-33,35,39,41,45,47,58,62H,6-8,10,12-14,16,19,22,25,28,31,34,36-38,40,42-44,46,48-57H2,1-5H3/p+1/b11-9-,17-15-,20-18-,23-21-,26-24-,29-27-,32-30-,35-33-,41-39-,47-45-. The number of ether oxygens (including phenoxy) is 4. The van der Waals surface area contributed by atoms with Crippen LogP contribution in [-0.4, -0.2) is 87.4 Å². The fourth-order valence-electron chi connectivity index (χ4n) is 6.95. The number of carbonyl (C=O) groups is 3. The first-order chi connectivity index (χ1) is 34.6. The molecule has 0 aromatic carbocycles. The fraction of sp³-hybridized carbons (Fsp3) is 0.629. The lowest BCUT2D eigenvalue weighted by Crippen LogP contribution is -2.40. The number of quaternary nitrogens is 1. The minimum Gasteiger partial charge on any atom is -0.477 e. The van der Waals surface area contributed by atoms with E-state index < -0.39 is 24.3 Å². The molecule has 2 atom stereocenters. The van der Waals surface area contributed by atoms with Gasteiger partial charge in [0, 0.05) is 12.8 Å². The van der Waals surface area contributed by atoms with Crippen molar-refractivity contribution in [2.24, 2.45) is 0 Å². The molecule has 0 rings (SSSR count). The summed E-state index contributed by atoms with van der Waals surface area (Å²) in [6.45, 7) is 4.65. The molecule has 0 aromatic rings. The van der Waals surface area contributed by atoms with E-state index in [4.69, 9.17) is 18.9 Å². The van der Waals surface area contributed by atoms with Crippen molar-refractivity contribution in [1.29, 1.82) is 0 Å². The number of unbranched alkanes of at least 4 members (excludes halogenated alkanes) is 14. The average molecular weight is 989 g/mol. The highest BCUT2D eigenvalue weighted by Gasteiger charge is 2.25. The maximum Gasteiger partial charge on any atom is 0.361 e. The number of nitrogens with zero attached hydrogens (tertiary/aromatic N) is 1. The van der Waals surface area contributed by atoms with Crippen molar-refractivity contribution in [3.8, 4) is 0 Å². The maximum atomic E-state index is 12.8. The first kappa shape index (κ1) is 66.7. The zero-order valence-corrected chi connectivity index (χ0v) is 45.6. The van der Waals surface area contributed by atoms with Gasteiger partial charge in [0.1, 0.15) is 13.2 Å². The number of carboxylic acid groups (broad SMARTS) is 1. The minimum atomic E-state index is -1.54. The van der Waals surface area contributed by atoms with E-state index in [9.17, 15) is 19.5 Å². The van der Waals surface area contributed by atoms with Crippen molar-refractivity contribution >= 4 is 17.9 Å². The second-order valence-corrected chi connectivity index (χ2v) is 19.2. The molecule has 0 fully saturated rings. The Balaban J connectivity index is 4.44. The van der Waals surface area contributed by atoms with E-state index in [1.54, 1.807) is 0 Å². The summed E-state index contributed by atoms with van der Waals surface area (Å²) in [5.41, 5.74) is 0. The lowest BCUT2D eigenvalue weighted by Gasteiger charge is -2.25. The van der Waals surface area contributed by atoms with Crippen LogP contribution in [0, 0.1) is 0 Å². The Labute approximate surface area is 434 Å². The Bertz CT molecular complexity index is 1570. The normalized spacial score (nSPS) is 13.8. The molecule has 1 N–H and O–H groups in total. The van der Waals surface area contributed by atoms with Crippen LogP contribution in [0.4, 0.5) is 0 Å². The van der Waals surface area contributed by atoms with Crippen molar-refractivity contribution in [1.82, 2.24) is 0 Å². The summed E-state index contributed by atoms with van der Waals surface area (Å²) in [6.07, 6.45) is 69.9. The van der Waals surface area contributed by atoms with Crippen LogP contribution in [0.1, 0.15) is 194 Å². The second kappa shape index (κ2) is 52.0. The molecule has 0 aliphatic rings. The number of hydrogen-bond acceptors (Lipinski definition) is 7. The van der Waals surface area contributed by atoms with Gasteiger partial charge in [-0.15, -0.1) is 0 Å². The Morgan fingerprint density at radius 1 is 0.437 bits per heavy atom. The van der Waals surface area contributed by atoms with Gasteiger partial charge in [0.2, 0.25) is 0 Å². The van der Waals surface area contributed by atoms with E-state index >= 15 is 0 Å². The third-order valence-electron chi connectivity index (χ3n) is 11.2. The molecule has 0 bridgehead atoms. The number of hydrogen-bond donors (Lipinski definition) is 1. The van der Waals surface area contributed by atoms with Crippen molar-refractivity contribution in [2.75, 3.05) is 47.5 Å². The molecule has 2 unspecified atom stereocenters. The average Bonchev–Trinajstić information content (AvgIpc) is 3.34. The monoisotopic (exact) mass is 989 g/mol. The number of esters is 2. The highest BCUT2D eigenvalue weighted by atomic mass is 16.7. The maximum absolute atomic E-state index is 12.8. The van der Waals surface area contributed by atoms with Gasteiger partial charge in [0.25, 0.3) is 6.29 Å². The molecule has 0 spiro atoms. The highest BCUT2D eigenvalue weighted by molar-refractivity contribution is 5.71. The fourth-order valence-corrected chi connectivity index (χ4v) is 6.95. The Hall–Kier alpha value is -4.31. The number of aliphatic carboxylic acids is 1. The van der Waals surface area contributed by atoms with Crippen LogP contribution in [0.25, 0.3) is 0 Å². The molecule has 402 valence electrons. The van der Waals surface area contributed by atoms with Crippen molar-refractivity contribution < 1.29 is 42.9 Å². The number of allylic oxidation sites excluding steroid dienone is 20. The summed E-state index contributed by atoms with van der Waals surface area (Å²) in [5, 5.41) is 9.69. The molecular weight excluding hydrogens is 887 g/mol. The largest absolute Gasteiger partial charge is 0.477 e. The lowest BCUT2D eigenvalue weighted by atomic mass is 10.1. The van der Waals surface area contributed by atoms with E-state index in [2.05, 4.69) is 135 Å². The van der Waals surface area contributed by atoms with Gasteiger partial charge in [-0.1, -0.05) is 200 Å². The second-order valence-electron chi connectivity index (χ2n) is 19.2. The van der Waals surface area contributed by atoms with E-state index in [0.29, 0.717) is 23.9 Å². The molecule has 0 heterocycles. The Morgan fingerprint density at radius 3 is 1.24 bits per heavy atom. The molecular formula is C62H102NO8+. The summed E-state index contributed by atoms with van der Waals surface area (Å²) >= 11 is 0. The predicted molar refractivity (Wildman–Crippen MR) is 299 cm³/mol. The van der Waals surface area contributed by atoms with Crippen molar-refractivity contribution in [3.05, 3.63) is 122 Å². The molecule has 9 heteroatoms. The van der Waals surface area contributed by atoms with Gasteiger partial charge in [0.15, 0.2) is 6.10 Å². The topological polar surface area (TPSA) is 108 Å². The first-order valence-electron chi connectivity index (χ1n) is 27.7. The smallest absolute Gasteiger partial charge is 0.361 e. The van der Waals surface area contributed by atoms with Gasteiger partial charge in [-0.05, 0) is 103 Å². The number of carbonyl (C=O) groups excluding carboxylic acids is 2. The molecule has 0 aromatic heterocycles. The van der Waals surface area contributed by atoms with E-state index in [-0.39, 0.29) is 38.6 Å². The van der Waals surface area contributed by atoms with Crippen molar-refractivity contribution in [3.63, 3.8) is 0 Å². The van der Waals surface area contributed by atoms with Gasteiger partial charge in [-0.3, -0.25) is 9.59 Å². The first-order valence-corrected chi connectivity index (χ1v) is 27.7. The van der Waals surface area contributed by atoms with Crippen LogP contribution in [0.15, 0.2) is 122 Å². The van der Waals surface area contributed by atoms with Crippen LogP contribution in [-0.2, 0) is 33.3 Å². The summed E-state index contributed by atoms with van der Waals surface area (Å²) in [6, 6.07) is 0. The number of carboxylic acids is 1. The van der Waals surface area contributed by atoms with Gasteiger partial charge >= 0.3 is 17.9 Å². The van der Waals surface area contributed by atoms with Gasteiger partial charge in [0.05, 0.1) is 34.4 Å². The van der Waals surface area contributed by atoms with Crippen LogP contribution >= 0.6 is 0 Å². The van der Waals surface area contributed by atoms with Gasteiger partial charge in [-0.25, -0.2) is 4.79 Å². The Morgan fingerprint density at radius 2 is 0.817 bits per heavy atom. The molecule has 9 nitrogen and oxygen atoms in total. The summed E-state index contributed by atoms with van der Waals surface area (Å²) in [4.78, 5) is 37.4. The van der Waals surface area contributed by atoms with Crippen LogP contribution < -0.4 is 0 Å². The number of likely N-dealkylation sites (N-methyl/N-ethyl adjacent to an activating group) is 1. The molecule has 0 aliphatic heterocycles. The van der Waals surface area contributed by atoms with Gasteiger partial charge < -0.3 is 28.5 Å². The molecule has 0 aliphatic carbocycles. The molecule has 0 amide bonds. The molecule has 0 radical (unpaired) electrons.